The van der Waals surface area contributed by atoms with Crippen molar-refractivity contribution in [1.29, 1.82) is 0 Å². The van der Waals surface area contributed by atoms with Crippen LogP contribution in [-0.4, -0.2) is 58.6 Å². The Kier molecular flexibility index (Phi) is 5.97. The lowest BCUT2D eigenvalue weighted by Gasteiger charge is -2.13. The lowest BCUT2D eigenvalue weighted by Crippen LogP contribution is -2.35. The van der Waals surface area contributed by atoms with Gasteiger partial charge in [0, 0.05) is 27.2 Å². The molecule has 0 saturated carbocycles. The maximum Gasteiger partial charge on any atom is 0.258 e. The second kappa shape index (κ2) is 7.76. The van der Waals surface area contributed by atoms with Crippen LogP contribution in [0.4, 0.5) is 0 Å². The Hall–Kier alpha value is -1.64. The highest BCUT2D eigenvalue weighted by atomic mass is 32.2. The van der Waals surface area contributed by atoms with Crippen molar-refractivity contribution in [3.63, 3.8) is 0 Å². The van der Waals surface area contributed by atoms with Gasteiger partial charge in [-0.3, -0.25) is 4.79 Å². The number of nitrogens with one attached hydrogen (secondary N) is 1. The molecule has 0 aliphatic carbocycles. The zero-order valence-corrected chi connectivity index (χ0v) is 14.1. The van der Waals surface area contributed by atoms with Crippen molar-refractivity contribution in [2.75, 3.05) is 33.9 Å². The fourth-order valence-electron chi connectivity index (χ4n) is 2.15. The van der Waals surface area contributed by atoms with Crippen molar-refractivity contribution >= 4 is 15.9 Å². The van der Waals surface area contributed by atoms with Crippen LogP contribution in [0.1, 0.15) is 12.8 Å². The van der Waals surface area contributed by atoms with E-state index in [4.69, 9.17) is 9.47 Å². The van der Waals surface area contributed by atoms with E-state index in [9.17, 15) is 13.2 Å². The van der Waals surface area contributed by atoms with Gasteiger partial charge in [0.1, 0.15) is 5.75 Å². The predicted molar refractivity (Wildman–Crippen MR) is 84.8 cm³/mol. The number of carbonyl (C=O) groups is 1. The van der Waals surface area contributed by atoms with Crippen LogP contribution in [0.25, 0.3) is 0 Å². The Morgan fingerprint density at radius 1 is 1.35 bits per heavy atom. The number of rotatable bonds is 7. The first kappa shape index (κ1) is 17.7. The number of benzene rings is 1. The Balaban J connectivity index is 1.80. The molecule has 7 nitrogen and oxygen atoms in total. The smallest absolute Gasteiger partial charge is 0.258 e. The lowest BCUT2D eigenvalue weighted by atomic mass is 10.2. The molecule has 1 saturated heterocycles. The summed E-state index contributed by atoms with van der Waals surface area (Å²) in [6, 6.07) is 5.97. The van der Waals surface area contributed by atoms with Gasteiger partial charge in [-0.2, -0.15) is 0 Å². The number of hydrogen-bond donors (Lipinski definition) is 1. The van der Waals surface area contributed by atoms with Crippen LogP contribution >= 0.6 is 0 Å². The van der Waals surface area contributed by atoms with Gasteiger partial charge in [0.2, 0.25) is 10.0 Å². The molecule has 0 radical (unpaired) electrons. The molecule has 1 fully saturated rings. The predicted octanol–water partition coefficient (Wildman–Crippen LogP) is 0.611. The molecule has 1 aliphatic rings. The van der Waals surface area contributed by atoms with Crippen LogP contribution in [0.3, 0.4) is 0 Å². The summed E-state index contributed by atoms with van der Waals surface area (Å²) in [6.45, 7) is 1.12. The maximum absolute atomic E-state index is 11.9. The molecule has 23 heavy (non-hydrogen) atoms. The number of ether oxygens (including phenoxy) is 2. The van der Waals surface area contributed by atoms with Crippen LogP contribution in [0, 0.1) is 0 Å². The van der Waals surface area contributed by atoms with Gasteiger partial charge in [0.25, 0.3) is 5.91 Å². The van der Waals surface area contributed by atoms with E-state index in [0.29, 0.717) is 12.3 Å². The highest BCUT2D eigenvalue weighted by molar-refractivity contribution is 7.89. The van der Waals surface area contributed by atoms with Gasteiger partial charge in [-0.15, -0.1) is 0 Å². The van der Waals surface area contributed by atoms with E-state index in [1.165, 1.54) is 38.4 Å². The van der Waals surface area contributed by atoms with Gasteiger partial charge in [-0.25, -0.2) is 12.7 Å². The van der Waals surface area contributed by atoms with Crippen molar-refractivity contribution in [2.24, 2.45) is 0 Å². The summed E-state index contributed by atoms with van der Waals surface area (Å²) >= 11 is 0. The molecule has 1 aromatic rings. The SMILES string of the molecule is CN(C)S(=O)(=O)c1ccc(OCC(=O)NC[C@@H]2CCCO2)cc1. The summed E-state index contributed by atoms with van der Waals surface area (Å²) < 4.78 is 35.8. The first-order chi connectivity index (χ1) is 10.9. The topological polar surface area (TPSA) is 84.9 Å². The van der Waals surface area contributed by atoms with Gasteiger partial charge in [0.05, 0.1) is 11.0 Å². The summed E-state index contributed by atoms with van der Waals surface area (Å²) in [5.41, 5.74) is 0. The second-order valence-corrected chi connectivity index (χ2v) is 7.64. The third kappa shape index (κ3) is 4.92. The fourth-order valence-corrected chi connectivity index (χ4v) is 3.05. The van der Waals surface area contributed by atoms with Gasteiger partial charge < -0.3 is 14.8 Å². The number of nitrogens with zero attached hydrogens (tertiary/aromatic N) is 1. The second-order valence-electron chi connectivity index (χ2n) is 5.49. The lowest BCUT2D eigenvalue weighted by molar-refractivity contribution is -0.123. The molecule has 0 aromatic heterocycles. The Labute approximate surface area is 136 Å². The van der Waals surface area contributed by atoms with Crippen LogP contribution < -0.4 is 10.1 Å². The maximum atomic E-state index is 11.9. The summed E-state index contributed by atoms with van der Waals surface area (Å²) in [4.78, 5) is 11.9. The molecule has 8 heteroatoms. The first-order valence-electron chi connectivity index (χ1n) is 7.43. The van der Waals surface area contributed by atoms with Crippen molar-refractivity contribution in [1.82, 2.24) is 9.62 Å². The fraction of sp³-hybridized carbons (Fsp3) is 0.533. The van der Waals surface area contributed by atoms with E-state index in [1.807, 2.05) is 0 Å². The highest BCUT2D eigenvalue weighted by Crippen LogP contribution is 2.18. The summed E-state index contributed by atoms with van der Waals surface area (Å²) in [5, 5.41) is 2.75. The number of carbonyl (C=O) groups excluding carboxylic acids is 1. The molecule has 0 unspecified atom stereocenters. The molecule has 1 aliphatic heterocycles. The van der Waals surface area contributed by atoms with E-state index in [2.05, 4.69) is 5.32 Å². The molecular weight excluding hydrogens is 320 g/mol. The molecule has 0 bridgehead atoms. The Morgan fingerprint density at radius 2 is 2.04 bits per heavy atom. The minimum Gasteiger partial charge on any atom is -0.484 e. The van der Waals surface area contributed by atoms with Crippen LogP contribution in [0.15, 0.2) is 29.2 Å². The van der Waals surface area contributed by atoms with Crippen LogP contribution in [-0.2, 0) is 19.6 Å². The molecule has 2 rings (SSSR count). The molecule has 1 N–H and O–H groups in total. The minimum atomic E-state index is -3.46. The average Bonchev–Trinajstić information content (AvgIpc) is 3.04. The highest BCUT2D eigenvalue weighted by Gasteiger charge is 2.17. The summed E-state index contributed by atoms with van der Waals surface area (Å²) in [6.07, 6.45) is 2.08. The van der Waals surface area contributed by atoms with E-state index in [-0.39, 0.29) is 23.5 Å². The largest absolute Gasteiger partial charge is 0.484 e. The molecule has 128 valence electrons. The monoisotopic (exact) mass is 342 g/mol. The molecule has 0 spiro atoms. The van der Waals surface area contributed by atoms with E-state index < -0.39 is 10.0 Å². The number of hydrogen-bond acceptors (Lipinski definition) is 5. The molecule has 1 atom stereocenters. The van der Waals surface area contributed by atoms with Crippen LogP contribution in [0.5, 0.6) is 5.75 Å². The zero-order valence-electron chi connectivity index (χ0n) is 13.3. The normalized spacial score (nSPS) is 18.1. The van der Waals surface area contributed by atoms with E-state index in [0.717, 1.165) is 23.8 Å². The van der Waals surface area contributed by atoms with Crippen molar-refractivity contribution in [3.05, 3.63) is 24.3 Å². The first-order valence-corrected chi connectivity index (χ1v) is 8.87. The molecule has 1 aromatic carbocycles. The Morgan fingerprint density at radius 3 is 2.61 bits per heavy atom. The average molecular weight is 342 g/mol. The van der Waals surface area contributed by atoms with Crippen molar-refractivity contribution in [2.45, 2.75) is 23.8 Å². The quantitative estimate of drug-likeness (QED) is 0.785. The number of sulfonamides is 1. The van der Waals surface area contributed by atoms with Crippen molar-refractivity contribution < 1.29 is 22.7 Å². The summed E-state index contributed by atoms with van der Waals surface area (Å²) in [5.74, 6) is 0.209. The molecular formula is C15H22N2O5S. The zero-order chi connectivity index (χ0) is 16.9. The van der Waals surface area contributed by atoms with Gasteiger partial charge in [0.15, 0.2) is 6.61 Å². The van der Waals surface area contributed by atoms with Gasteiger partial charge in [-0.1, -0.05) is 0 Å². The van der Waals surface area contributed by atoms with E-state index in [1.54, 1.807) is 0 Å². The van der Waals surface area contributed by atoms with Gasteiger partial charge >= 0.3 is 0 Å². The summed E-state index contributed by atoms with van der Waals surface area (Å²) in [7, 11) is -0.518. The van der Waals surface area contributed by atoms with Gasteiger partial charge in [-0.05, 0) is 37.1 Å². The molecule has 1 heterocycles. The third-order valence-corrected chi connectivity index (χ3v) is 5.35. The van der Waals surface area contributed by atoms with Crippen LogP contribution in [0.2, 0.25) is 0 Å². The number of amides is 1. The minimum absolute atomic E-state index is 0.0921. The third-order valence-electron chi connectivity index (χ3n) is 3.52. The Bertz CT molecular complexity index is 622. The standard InChI is InChI=1S/C15H22N2O5S/c1-17(2)23(19,20)14-7-5-12(6-8-14)22-11-15(18)16-10-13-4-3-9-21-13/h5-8,13H,3-4,9-11H2,1-2H3,(H,16,18)/t13-/m0/s1. The van der Waals surface area contributed by atoms with Crippen molar-refractivity contribution in [3.8, 4) is 5.75 Å². The molecule has 1 amide bonds. The van der Waals surface area contributed by atoms with E-state index >= 15 is 0 Å².